The predicted molar refractivity (Wildman–Crippen MR) is 242 cm³/mol. The van der Waals surface area contributed by atoms with Gasteiger partial charge in [0.05, 0.1) is 19.8 Å². The van der Waals surface area contributed by atoms with Crippen LogP contribution in [-0.2, 0) is 23.7 Å². The molecule has 0 aromatic rings. The van der Waals surface area contributed by atoms with Crippen LogP contribution in [0.15, 0.2) is 36.5 Å². The quantitative estimate of drug-likeness (QED) is 0.0269. The Bertz CT molecular complexity index is 999. The number of aliphatic hydroxyl groups excluding tert-OH is 4. The topological polar surface area (TPSA) is 135 Å². The molecule has 0 aromatic heterocycles. The molecule has 0 radical (unpaired) electrons. The van der Waals surface area contributed by atoms with E-state index in [0.29, 0.717) is 13.0 Å². The maximum Gasteiger partial charge on any atom is 0.306 e. The minimum atomic E-state index is -1.54. The second kappa shape index (κ2) is 41.7. The minimum absolute atomic E-state index is 0.118. The van der Waals surface area contributed by atoms with Crippen molar-refractivity contribution in [3.63, 3.8) is 0 Å². The fraction of sp³-hybridized carbons (Fsp3) is 0.860. The zero-order chi connectivity index (χ0) is 42.9. The number of unbranched alkanes of at least 4 members (excludes halogenated alkanes) is 25. The van der Waals surface area contributed by atoms with Crippen molar-refractivity contribution < 1.29 is 44.2 Å². The van der Waals surface area contributed by atoms with Crippen molar-refractivity contribution in [3.8, 4) is 0 Å². The average Bonchev–Trinajstić information content (AvgIpc) is 3.24. The van der Waals surface area contributed by atoms with Gasteiger partial charge in [0, 0.05) is 13.0 Å². The lowest BCUT2D eigenvalue weighted by atomic mass is 9.99. The molecule has 6 unspecified atom stereocenters. The second-order valence-electron chi connectivity index (χ2n) is 16.9. The summed E-state index contributed by atoms with van der Waals surface area (Å²) in [6, 6.07) is 0. The van der Waals surface area contributed by atoms with Crippen molar-refractivity contribution in [2.45, 2.75) is 250 Å². The Morgan fingerprint density at radius 1 is 0.542 bits per heavy atom. The van der Waals surface area contributed by atoms with Gasteiger partial charge in [-0.05, 0) is 70.6 Å². The van der Waals surface area contributed by atoms with E-state index >= 15 is 0 Å². The van der Waals surface area contributed by atoms with Crippen molar-refractivity contribution in [2.75, 3.05) is 26.4 Å². The molecule has 0 aliphatic carbocycles. The van der Waals surface area contributed by atoms with Crippen LogP contribution in [0.5, 0.6) is 0 Å². The molecular weight excluding hydrogens is 745 g/mol. The molecule has 59 heavy (non-hydrogen) atoms. The minimum Gasteiger partial charge on any atom is -0.457 e. The summed E-state index contributed by atoms with van der Waals surface area (Å²) in [4.78, 5) is 12.8. The Morgan fingerprint density at radius 2 is 0.983 bits per heavy atom. The molecule has 6 atom stereocenters. The maximum absolute atomic E-state index is 12.8. The normalized spacial score (nSPS) is 20.4. The van der Waals surface area contributed by atoms with Crippen molar-refractivity contribution in [1.82, 2.24) is 0 Å². The van der Waals surface area contributed by atoms with Gasteiger partial charge in [0.1, 0.15) is 30.5 Å². The first-order valence-corrected chi connectivity index (χ1v) is 24.6. The van der Waals surface area contributed by atoms with Crippen LogP contribution in [0.3, 0.4) is 0 Å². The lowest BCUT2D eigenvalue weighted by Crippen LogP contribution is -2.59. The molecule has 1 aliphatic rings. The summed E-state index contributed by atoms with van der Waals surface area (Å²) in [6.45, 7) is 4.54. The Balaban J connectivity index is 2.23. The molecule has 1 rings (SSSR count). The number of aliphatic hydroxyl groups is 4. The van der Waals surface area contributed by atoms with Crippen LogP contribution in [0.4, 0.5) is 0 Å². The van der Waals surface area contributed by atoms with E-state index in [1.807, 2.05) is 0 Å². The van der Waals surface area contributed by atoms with Crippen molar-refractivity contribution in [2.24, 2.45) is 0 Å². The number of rotatable bonds is 42. The van der Waals surface area contributed by atoms with Crippen LogP contribution >= 0.6 is 0 Å². The summed E-state index contributed by atoms with van der Waals surface area (Å²) >= 11 is 0. The number of hydrogen-bond donors (Lipinski definition) is 4. The van der Waals surface area contributed by atoms with Crippen molar-refractivity contribution in [3.05, 3.63) is 36.5 Å². The predicted octanol–water partition coefficient (Wildman–Crippen LogP) is 11.5. The zero-order valence-corrected chi connectivity index (χ0v) is 38.0. The molecule has 9 nitrogen and oxygen atoms in total. The molecule has 0 saturated carbocycles. The van der Waals surface area contributed by atoms with Crippen molar-refractivity contribution >= 4 is 5.97 Å². The van der Waals surface area contributed by atoms with Gasteiger partial charge in [-0.15, -0.1) is 0 Å². The third-order valence-electron chi connectivity index (χ3n) is 11.3. The first kappa shape index (κ1) is 55.4. The lowest BCUT2D eigenvalue weighted by molar-refractivity contribution is -0.305. The molecule has 0 amide bonds. The highest BCUT2D eigenvalue weighted by Gasteiger charge is 2.44. The van der Waals surface area contributed by atoms with Gasteiger partial charge >= 0.3 is 5.97 Å². The molecule has 4 N–H and O–H groups in total. The average molecular weight is 837 g/mol. The van der Waals surface area contributed by atoms with E-state index in [1.54, 1.807) is 0 Å². The summed E-state index contributed by atoms with van der Waals surface area (Å²) in [6.07, 6.45) is 43.1. The first-order chi connectivity index (χ1) is 28.9. The molecule has 0 aromatic carbocycles. The Labute approximate surface area is 361 Å². The summed E-state index contributed by atoms with van der Waals surface area (Å²) in [5.74, 6) is -0.326. The zero-order valence-electron chi connectivity index (χ0n) is 38.0. The monoisotopic (exact) mass is 837 g/mol. The van der Waals surface area contributed by atoms with Gasteiger partial charge < -0.3 is 39.4 Å². The van der Waals surface area contributed by atoms with Gasteiger partial charge in [-0.1, -0.05) is 172 Å². The molecule has 9 heteroatoms. The molecule has 1 saturated heterocycles. The van der Waals surface area contributed by atoms with Gasteiger partial charge in [0.15, 0.2) is 6.29 Å². The molecule has 0 bridgehead atoms. The highest BCUT2D eigenvalue weighted by atomic mass is 16.7. The lowest BCUT2D eigenvalue weighted by Gasteiger charge is -2.39. The molecule has 1 fully saturated rings. The molecule has 1 heterocycles. The molecular formula is C50H92O9. The summed E-state index contributed by atoms with van der Waals surface area (Å²) in [7, 11) is 0. The first-order valence-electron chi connectivity index (χ1n) is 24.6. The number of allylic oxidation sites excluding steroid dienone is 6. The standard InChI is InChI=1S/C50H92O9/c1-3-5-7-9-11-13-15-17-19-21-22-23-24-26-28-30-32-34-36-38-40-56-42-44(43-57-50-49(55)48(54)47(53)45(41-51)59-50)58-46(52)39-37-35-33-31-29-27-25-20-18-16-14-12-10-8-6-4-2/h14,16-17,19-20,25,44-45,47-51,53-55H,3-13,15,18,21-24,26-43H2,1-2H3/b16-14-,19-17-,25-20-. The van der Waals surface area contributed by atoms with Crippen molar-refractivity contribution in [1.29, 1.82) is 0 Å². The van der Waals surface area contributed by atoms with E-state index in [-0.39, 0.29) is 19.2 Å². The highest BCUT2D eigenvalue weighted by molar-refractivity contribution is 5.69. The molecule has 346 valence electrons. The smallest absolute Gasteiger partial charge is 0.306 e. The van der Waals surface area contributed by atoms with Crippen LogP contribution in [0.1, 0.15) is 213 Å². The van der Waals surface area contributed by atoms with E-state index < -0.39 is 43.4 Å². The van der Waals surface area contributed by atoms with E-state index in [0.717, 1.165) is 57.8 Å². The summed E-state index contributed by atoms with van der Waals surface area (Å²) < 4.78 is 22.9. The van der Waals surface area contributed by atoms with Gasteiger partial charge in [0.25, 0.3) is 0 Å². The fourth-order valence-corrected chi connectivity index (χ4v) is 7.40. The second-order valence-corrected chi connectivity index (χ2v) is 16.9. The Kier molecular flexibility index (Phi) is 39.2. The Morgan fingerprint density at radius 3 is 1.49 bits per heavy atom. The number of hydrogen-bond acceptors (Lipinski definition) is 9. The van der Waals surface area contributed by atoms with E-state index in [2.05, 4.69) is 50.3 Å². The van der Waals surface area contributed by atoms with Crippen LogP contribution in [0.25, 0.3) is 0 Å². The summed E-state index contributed by atoms with van der Waals surface area (Å²) in [5, 5.41) is 40.2. The van der Waals surface area contributed by atoms with Crippen LogP contribution in [0, 0.1) is 0 Å². The largest absolute Gasteiger partial charge is 0.457 e. The van der Waals surface area contributed by atoms with Gasteiger partial charge in [-0.3, -0.25) is 4.79 Å². The third-order valence-corrected chi connectivity index (χ3v) is 11.3. The summed E-state index contributed by atoms with van der Waals surface area (Å²) in [5.41, 5.74) is 0. The van der Waals surface area contributed by atoms with E-state index in [1.165, 1.54) is 135 Å². The number of esters is 1. The number of carbonyl (C=O) groups is 1. The van der Waals surface area contributed by atoms with Gasteiger partial charge in [-0.2, -0.15) is 0 Å². The van der Waals surface area contributed by atoms with Gasteiger partial charge in [0.2, 0.25) is 0 Å². The maximum atomic E-state index is 12.8. The highest BCUT2D eigenvalue weighted by Crippen LogP contribution is 2.23. The SMILES string of the molecule is CCCCCC/C=C\C/C=C\CCCCCCCC(=O)OC(COCCCCCCCCCCCC/C=C\CCCCCCCC)COC1OC(CO)C(O)C(O)C1O. The number of ether oxygens (including phenoxy) is 4. The van der Waals surface area contributed by atoms with Crippen LogP contribution < -0.4 is 0 Å². The van der Waals surface area contributed by atoms with E-state index in [4.69, 9.17) is 18.9 Å². The fourth-order valence-electron chi connectivity index (χ4n) is 7.40. The van der Waals surface area contributed by atoms with Gasteiger partial charge in [-0.25, -0.2) is 0 Å². The van der Waals surface area contributed by atoms with Crippen LogP contribution in [0.2, 0.25) is 0 Å². The molecule has 1 aliphatic heterocycles. The van der Waals surface area contributed by atoms with E-state index in [9.17, 15) is 25.2 Å². The molecule has 0 spiro atoms. The third kappa shape index (κ3) is 32.7. The van der Waals surface area contributed by atoms with Crippen LogP contribution in [-0.4, -0.2) is 89.6 Å². The number of carbonyl (C=O) groups excluding carboxylic acids is 1. The Hall–Kier alpha value is -1.59.